The van der Waals surface area contributed by atoms with Crippen LogP contribution in [0.4, 0.5) is 10.5 Å². The molecule has 4 aromatic rings. The number of nitrogens with one attached hydrogen (secondary N) is 1. The van der Waals surface area contributed by atoms with Gasteiger partial charge in [-0.1, -0.05) is 60.7 Å². The Kier molecular flexibility index (Phi) is 6.39. The Hall–Kier alpha value is -4.65. The van der Waals surface area contributed by atoms with Crippen molar-refractivity contribution >= 4 is 17.4 Å². The third kappa shape index (κ3) is 5.14. The molecular weight excluding hydrogens is 440 g/mol. The first-order chi connectivity index (χ1) is 17.2. The fourth-order valence-electron chi connectivity index (χ4n) is 4.00. The number of phenols is 1. The average molecular weight is 465 g/mol. The summed E-state index contributed by atoms with van der Waals surface area (Å²) >= 11 is 0. The van der Waals surface area contributed by atoms with E-state index in [1.165, 1.54) is 5.01 Å². The molecule has 174 valence electrons. The zero-order chi connectivity index (χ0) is 24.0. The largest absolute Gasteiger partial charge is 0.508 e. The van der Waals surface area contributed by atoms with Crippen molar-refractivity contribution < 1.29 is 14.6 Å². The predicted octanol–water partition coefficient (Wildman–Crippen LogP) is 5.75. The lowest BCUT2D eigenvalue weighted by molar-refractivity contribution is 0.199. The fraction of sp³-hybridized carbons (Fsp3) is 0.107. The number of carbonyl (C=O) groups excluding carboxylic acids is 1. The number of benzene rings is 3. The minimum absolute atomic E-state index is 0.120. The summed E-state index contributed by atoms with van der Waals surface area (Å²) in [6.45, 7) is 0.429. The van der Waals surface area contributed by atoms with E-state index >= 15 is 0 Å². The molecule has 7 nitrogen and oxygen atoms in total. The van der Waals surface area contributed by atoms with Gasteiger partial charge in [0.25, 0.3) is 0 Å². The van der Waals surface area contributed by atoms with Crippen LogP contribution in [-0.2, 0) is 6.61 Å². The minimum atomic E-state index is -0.455. The van der Waals surface area contributed by atoms with Gasteiger partial charge in [0.1, 0.15) is 18.1 Å². The number of hydrogen-bond acceptors (Lipinski definition) is 5. The number of carbonyl (C=O) groups is 1. The Bertz CT molecular complexity index is 1340. The van der Waals surface area contributed by atoms with Crippen molar-refractivity contribution in [2.75, 3.05) is 5.32 Å². The summed E-state index contributed by atoms with van der Waals surface area (Å²) in [5.41, 5.74) is 3.83. The second-order valence-electron chi connectivity index (χ2n) is 8.14. The van der Waals surface area contributed by atoms with Crippen LogP contribution >= 0.6 is 0 Å². The lowest BCUT2D eigenvalue weighted by Crippen LogP contribution is -2.31. The van der Waals surface area contributed by atoms with E-state index in [1.807, 2.05) is 60.7 Å². The van der Waals surface area contributed by atoms with Crippen LogP contribution in [0.1, 0.15) is 29.2 Å². The normalized spacial score (nSPS) is 14.9. The second-order valence-corrected chi connectivity index (χ2v) is 8.14. The number of nitrogens with zero attached hydrogens (tertiary/aromatic N) is 3. The first kappa shape index (κ1) is 22.2. The summed E-state index contributed by atoms with van der Waals surface area (Å²) in [7, 11) is 0. The molecule has 35 heavy (non-hydrogen) atoms. The van der Waals surface area contributed by atoms with Crippen molar-refractivity contribution in [1.29, 1.82) is 0 Å². The van der Waals surface area contributed by atoms with E-state index in [0.29, 0.717) is 30.0 Å². The average Bonchev–Trinajstić information content (AvgIpc) is 3.35. The highest BCUT2D eigenvalue weighted by atomic mass is 16.5. The van der Waals surface area contributed by atoms with Crippen molar-refractivity contribution in [2.24, 2.45) is 5.10 Å². The number of hydrazone groups is 1. The van der Waals surface area contributed by atoms with E-state index < -0.39 is 12.1 Å². The lowest BCUT2D eigenvalue weighted by atomic mass is 9.98. The molecule has 1 aliphatic rings. The van der Waals surface area contributed by atoms with Gasteiger partial charge in [-0.2, -0.15) is 5.10 Å². The van der Waals surface area contributed by atoms with Gasteiger partial charge in [0, 0.05) is 41.7 Å². The number of pyridine rings is 1. The first-order valence-electron chi connectivity index (χ1n) is 11.3. The monoisotopic (exact) mass is 464 g/mol. The lowest BCUT2D eigenvalue weighted by Gasteiger charge is -2.23. The Balaban J connectivity index is 1.36. The third-order valence-electron chi connectivity index (χ3n) is 5.74. The van der Waals surface area contributed by atoms with Gasteiger partial charge in [0.15, 0.2) is 0 Å². The summed E-state index contributed by atoms with van der Waals surface area (Å²) in [5.74, 6) is 0.763. The molecule has 0 bridgehead atoms. The molecular formula is C28H24N4O3. The van der Waals surface area contributed by atoms with Crippen LogP contribution < -0.4 is 10.1 Å². The van der Waals surface area contributed by atoms with Crippen LogP contribution in [0.2, 0.25) is 0 Å². The van der Waals surface area contributed by atoms with Gasteiger partial charge in [0.05, 0.1) is 11.8 Å². The van der Waals surface area contributed by atoms with E-state index in [-0.39, 0.29) is 5.75 Å². The number of rotatable bonds is 6. The number of anilines is 1. The van der Waals surface area contributed by atoms with Crippen molar-refractivity contribution in [3.63, 3.8) is 0 Å². The predicted molar refractivity (Wildman–Crippen MR) is 134 cm³/mol. The Morgan fingerprint density at radius 1 is 1.00 bits per heavy atom. The molecule has 1 unspecified atom stereocenters. The highest BCUT2D eigenvalue weighted by molar-refractivity contribution is 6.04. The van der Waals surface area contributed by atoms with E-state index in [0.717, 1.165) is 16.8 Å². The Morgan fingerprint density at radius 3 is 2.63 bits per heavy atom. The number of phenolic OH excluding ortho intramolecular Hbond substituents is 1. The topological polar surface area (TPSA) is 87.0 Å². The zero-order valence-corrected chi connectivity index (χ0v) is 18.9. The van der Waals surface area contributed by atoms with E-state index in [9.17, 15) is 9.90 Å². The van der Waals surface area contributed by atoms with Crippen LogP contribution in [-0.4, -0.2) is 26.8 Å². The quantitative estimate of drug-likeness (QED) is 0.380. The molecule has 0 aliphatic carbocycles. The van der Waals surface area contributed by atoms with Crippen LogP contribution in [0.5, 0.6) is 11.5 Å². The van der Waals surface area contributed by atoms with E-state index in [2.05, 4.69) is 15.4 Å². The first-order valence-corrected chi connectivity index (χ1v) is 11.3. The number of urea groups is 1. The van der Waals surface area contributed by atoms with Crippen LogP contribution in [0.25, 0.3) is 0 Å². The van der Waals surface area contributed by atoms with Crippen LogP contribution in [0.15, 0.2) is 108 Å². The molecule has 2 N–H and O–H groups in total. The maximum atomic E-state index is 13.3. The molecule has 1 aromatic heterocycles. The van der Waals surface area contributed by atoms with Gasteiger partial charge in [-0.15, -0.1) is 0 Å². The number of aromatic hydroxyl groups is 1. The number of hydrogen-bond donors (Lipinski definition) is 2. The summed E-state index contributed by atoms with van der Waals surface area (Å²) in [5, 5.41) is 19.4. The molecule has 2 heterocycles. The van der Waals surface area contributed by atoms with Crippen LogP contribution in [0.3, 0.4) is 0 Å². The maximum absolute atomic E-state index is 13.3. The zero-order valence-electron chi connectivity index (χ0n) is 18.9. The molecule has 2 amide bonds. The van der Waals surface area contributed by atoms with Gasteiger partial charge in [0.2, 0.25) is 0 Å². The Labute approximate surface area is 203 Å². The van der Waals surface area contributed by atoms with Crippen molar-refractivity contribution in [1.82, 2.24) is 9.99 Å². The minimum Gasteiger partial charge on any atom is -0.508 e. The van der Waals surface area contributed by atoms with Gasteiger partial charge >= 0.3 is 6.03 Å². The number of amides is 2. The third-order valence-corrected chi connectivity index (χ3v) is 5.74. The van der Waals surface area contributed by atoms with Crippen molar-refractivity contribution in [2.45, 2.75) is 19.1 Å². The molecule has 1 aliphatic heterocycles. The molecule has 0 spiro atoms. The molecule has 0 saturated carbocycles. The van der Waals surface area contributed by atoms with E-state index in [1.54, 1.807) is 42.7 Å². The molecule has 3 aromatic carbocycles. The van der Waals surface area contributed by atoms with Gasteiger partial charge < -0.3 is 15.2 Å². The van der Waals surface area contributed by atoms with Crippen molar-refractivity contribution in [3.8, 4) is 11.5 Å². The number of ether oxygens (including phenoxy) is 1. The smallest absolute Gasteiger partial charge is 0.342 e. The number of para-hydroxylation sites is 1. The summed E-state index contributed by atoms with van der Waals surface area (Å²) in [4.78, 5) is 17.5. The second kappa shape index (κ2) is 10.1. The van der Waals surface area contributed by atoms with E-state index in [4.69, 9.17) is 4.74 Å². The van der Waals surface area contributed by atoms with Crippen LogP contribution in [0, 0.1) is 0 Å². The molecule has 0 radical (unpaired) electrons. The molecule has 0 fully saturated rings. The summed E-state index contributed by atoms with van der Waals surface area (Å²) in [6, 6.07) is 27.0. The summed E-state index contributed by atoms with van der Waals surface area (Å²) in [6.07, 6.45) is 3.86. The molecule has 1 atom stereocenters. The highest BCUT2D eigenvalue weighted by Gasteiger charge is 2.34. The molecule has 7 heteroatoms. The molecule has 5 rings (SSSR count). The Morgan fingerprint density at radius 2 is 1.83 bits per heavy atom. The summed E-state index contributed by atoms with van der Waals surface area (Å²) < 4.78 is 5.89. The standard InChI is InChI=1S/C28H24N4O3/c33-27-14-5-4-13-24(27)26-17-25(21-10-7-15-29-18-21)31-32(26)28(34)30-22-11-6-12-23(16-22)35-19-20-8-2-1-3-9-20/h1-16,18,26,33H,17,19H2,(H,30,34). The molecule has 0 saturated heterocycles. The SMILES string of the molecule is O=C(Nc1cccc(OCc2ccccc2)c1)N1N=C(c2cccnc2)CC1c1ccccc1O. The van der Waals surface area contributed by atoms with Gasteiger partial charge in [-0.25, -0.2) is 9.80 Å². The maximum Gasteiger partial charge on any atom is 0.342 e. The van der Waals surface area contributed by atoms with Gasteiger partial charge in [-0.3, -0.25) is 4.98 Å². The highest BCUT2D eigenvalue weighted by Crippen LogP contribution is 2.37. The number of aromatic nitrogens is 1. The van der Waals surface area contributed by atoms with Crippen molar-refractivity contribution in [3.05, 3.63) is 120 Å². The van der Waals surface area contributed by atoms with Gasteiger partial charge in [-0.05, 0) is 29.8 Å². The fourth-order valence-corrected chi connectivity index (χ4v) is 4.00.